The van der Waals surface area contributed by atoms with Crippen LogP contribution < -0.4 is 10.2 Å². The van der Waals surface area contributed by atoms with Gasteiger partial charge >= 0.3 is 0 Å². The quantitative estimate of drug-likeness (QED) is 0.556. The van der Waals surface area contributed by atoms with Gasteiger partial charge in [-0.15, -0.1) is 11.3 Å². The van der Waals surface area contributed by atoms with Crippen molar-refractivity contribution in [2.45, 2.75) is 76.9 Å². The summed E-state index contributed by atoms with van der Waals surface area (Å²) < 4.78 is 2.04. The molecule has 1 fully saturated rings. The first-order chi connectivity index (χ1) is 15.4. The molecule has 168 valence electrons. The average Bonchev–Trinajstić information content (AvgIpc) is 3.37. The summed E-state index contributed by atoms with van der Waals surface area (Å²) >= 11 is 1.62. The molecule has 3 aromatic rings. The molecule has 3 heterocycles. The molecular formula is C26H31N3O2S. The fourth-order valence-corrected chi connectivity index (χ4v) is 6.09. The van der Waals surface area contributed by atoms with Gasteiger partial charge in [-0.05, 0) is 60.9 Å². The fourth-order valence-electron chi connectivity index (χ4n) is 5.20. The van der Waals surface area contributed by atoms with E-state index >= 15 is 0 Å². The number of anilines is 1. The molecule has 1 saturated carbocycles. The monoisotopic (exact) mass is 449 g/mol. The highest BCUT2D eigenvalue weighted by atomic mass is 32.1. The van der Waals surface area contributed by atoms with E-state index in [4.69, 9.17) is 0 Å². The second kappa shape index (κ2) is 8.07. The summed E-state index contributed by atoms with van der Waals surface area (Å²) in [6, 6.07) is 12.3. The first-order valence-corrected chi connectivity index (χ1v) is 12.6. The van der Waals surface area contributed by atoms with Crippen molar-refractivity contribution in [2.75, 3.05) is 4.90 Å². The van der Waals surface area contributed by atoms with E-state index in [-0.39, 0.29) is 17.9 Å². The van der Waals surface area contributed by atoms with Crippen LogP contribution in [0.15, 0.2) is 41.8 Å². The Bertz CT molecular complexity index is 1150. The van der Waals surface area contributed by atoms with Crippen molar-refractivity contribution < 1.29 is 9.59 Å². The van der Waals surface area contributed by atoms with Crippen LogP contribution in [0.3, 0.4) is 0 Å². The zero-order valence-corrected chi connectivity index (χ0v) is 19.9. The number of thiophene rings is 1. The highest BCUT2D eigenvalue weighted by Crippen LogP contribution is 2.38. The van der Waals surface area contributed by atoms with E-state index in [1.165, 1.54) is 12.0 Å². The highest BCUT2D eigenvalue weighted by molar-refractivity contribution is 7.16. The predicted octanol–water partition coefficient (Wildman–Crippen LogP) is 5.69. The van der Waals surface area contributed by atoms with Crippen molar-refractivity contribution in [3.05, 3.63) is 53.0 Å². The van der Waals surface area contributed by atoms with E-state index in [2.05, 4.69) is 31.3 Å². The number of hydrogen-bond acceptors (Lipinski definition) is 3. The summed E-state index contributed by atoms with van der Waals surface area (Å²) in [6.45, 7) is 6.68. The minimum Gasteiger partial charge on any atom is -0.351 e. The number of carbonyl (C=O) groups is 2. The highest BCUT2D eigenvalue weighted by Gasteiger charge is 2.49. The Hall–Kier alpha value is -2.60. The van der Waals surface area contributed by atoms with E-state index in [0.717, 1.165) is 41.6 Å². The molecule has 1 aliphatic heterocycles. The number of benzene rings is 1. The maximum Gasteiger partial charge on any atom is 0.275 e. The van der Waals surface area contributed by atoms with Crippen molar-refractivity contribution in [1.29, 1.82) is 0 Å². The molecule has 2 aliphatic rings. The number of amides is 2. The lowest BCUT2D eigenvalue weighted by Crippen LogP contribution is -2.65. The van der Waals surface area contributed by atoms with Crippen molar-refractivity contribution in [3.8, 4) is 0 Å². The Morgan fingerprint density at radius 2 is 1.84 bits per heavy atom. The van der Waals surface area contributed by atoms with E-state index in [1.807, 2.05) is 41.1 Å². The lowest BCUT2D eigenvalue weighted by molar-refractivity contribution is -0.127. The second-order valence-electron chi connectivity index (χ2n) is 9.77. The summed E-state index contributed by atoms with van der Waals surface area (Å²) in [5.41, 5.74) is 1.64. The van der Waals surface area contributed by atoms with Crippen LogP contribution in [0.4, 0.5) is 5.69 Å². The van der Waals surface area contributed by atoms with Crippen LogP contribution in [0.1, 0.15) is 74.8 Å². The molecule has 2 aromatic heterocycles. The molecule has 32 heavy (non-hydrogen) atoms. The normalized spacial score (nSPS) is 21.9. The maximum absolute atomic E-state index is 13.8. The molecule has 1 N–H and O–H groups in total. The van der Waals surface area contributed by atoms with Gasteiger partial charge < -0.3 is 9.88 Å². The summed E-state index contributed by atoms with van der Waals surface area (Å²) in [5, 5.41) is 6.40. The SMILES string of the molecule is CC(C)c1ccc(N2C(=O)c3cc4ccsc4n3C[C@]2(C)C(=O)NC2CCCCC2)cc1. The number of hydrogen-bond donors (Lipinski definition) is 1. The number of carbonyl (C=O) groups excluding carboxylic acids is 2. The van der Waals surface area contributed by atoms with Gasteiger partial charge in [0.15, 0.2) is 0 Å². The third-order valence-corrected chi connectivity index (χ3v) is 8.08. The summed E-state index contributed by atoms with van der Waals surface area (Å²) in [5.74, 6) is 0.235. The molecule has 0 unspecified atom stereocenters. The Kier molecular flexibility index (Phi) is 5.36. The number of nitrogens with one attached hydrogen (secondary N) is 1. The minimum atomic E-state index is -1.00. The van der Waals surface area contributed by atoms with Crippen molar-refractivity contribution >= 4 is 39.1 Å². The predicted molar refractivity (Wildman–Crippen MR) is 131 cm³/mol. The second-order valence-corrected chi connectivity index (χ2v) is 10.7. The van der Waals surface area contributed by atoms with Gasteiger partial charge in [0, 0.05) is 17.1 Å². The molecule has 5 nitrogen and oxygen atoms in total. The molecule has 0 saturated heterocycles. The summed E-state index contributed by atoms with van der Waals surface area (Å²) in [7, 11) is 0. The van der Waals surface area contributed by atoms with Gasteiger partial charge in [-0.2, -0.15) is 0 Å². The van der Waals surface area contributed by atoms with Gasteiger partial charge in [-0.3, -0.25) is 14.5 Å². The summed E-state index contributed by atoms with van der Waals surface area (Å²) in [6.07, 6.45) is 5.57. The van der Waals surface area contributed by atoms with Gasteiger partial charge in [-0.1, -0.05) is 45.2 Å². The molecule has 0 bridgehead atoms. The molecule has 0 radical (unpaired) electrons. The van der Waals surface area contributed by atoms with Gasteiger partial charge in [0.2, 0.25) is 5.91 Å². The zero-order valence-electron chi connectivity index (χ0n) is 19.1. The molecule has 0 spiro atoms. The van der Waals surface area contributed by atoms with Crippen LogP contribution in [0.2, 0.25) is 0 Å². The molecule has 1 aromatic carbocycles. The Balaban J connectivity index is 1.57. The van der Waals surface area contributed by atoms with Crippen molar-refractivity contribution in [1.82, 2.24) is 9.88 Å². The number of nitrogens with zero attached hydrogens (tertiary/aromatic N) is 2. The Morgan fingerprint density at radius 3 is 2.53 bits per heavy atom. The van der Waals surface area contributed by atoms with E-state index in [1.54, 1.807) is 16.2 Å². The number of rotatable bonds is 4. The van der Waals surface area contributed by atoms with Gasteiger partial charge in [0.25, 0.3) is 5.91 Å². The Morgan fingerprint density at radius 1 is 1.12 bits per heavy atom. The van der Waals surface area contributed by atoms with Crippen molar-refractivity contribution in [3.63, 3.8) is 0 Å². The van der Waals surface area contributed by atoms with E-state index in [9.17, 15) is 9.59 Å². The molecule has 6 heteroatoms. The molecule has 2 amide bonds. The van der Waals surface area contributed by atoms with Gasteiger partial charge in [0.05, 0.1) is 6.54 Å². The third-order valence-electron chi connectivity index (χ3n) is 7.13. The molecule has 1 atom stereocenters. The Labute approximate surface area is 193 Å². The van der Waals surface area contributed by atoms with E-state index in [0.29, 0.717) is 18.2 Å². The molecule has 1 aliphatic carbocycles. The fraction of sp³-hybridized carbons (Fsp3) is 0.462. The van der Waals surface area contributed by atoms with Crippen LogP contribution >= 0.6 is 11.3 Å². The van der Waals surface area contributed by atoms with Crippen LogP contribution in [0.5, 0.6) is 0 Å². The lowest BCUT2D eigenvalue weighted by Gasteiger charge is -2.44. The number of fused-ring (bicyclic) bond motifs is 3. The van der Waals surface area contributed by atoms with Crippen LogP contribution in [0.25, 0.3) is 10.2 Å². The van der Waals surface area contributed by atoms with Crippen molar-refractivity contribution in [2.24, 2.45) is 0 Å². The minimum absolute atomic E-state index is 0.0604. The third kappa shape index (κ3) is 3.45. The largest absolute Gasteiger partial charge is 0.351 e. The average molecular weight is 450 g/mol. The van der Waals surface area contributed by atoms with Gasteiger partial charge in [0.1, 0.15) is 16.1 Å². The smallest absolute Gasteiger partial charge is 0.275 e. The number of aromatic nitrogens is 1. The molecule has 5 rings (SSSR count). The van der Waals surface area contributed by atoms with Crippen LogP contribution in [-0.4, -0.2) is 28.0 Å². The van der Waals surface area contributed by atoms with E-state index < -0.39 is 5.54 Å². The zero-order chi connectivity index (χ0) is 22.5. The van der Waals surface area contributed by atoms with Crippen LogP contribution in [0, 0.1) is 0 Å². The summed E-state index contributed by atoms with van der Waals surface area (Å²) in [4.78, 5) is 30.4. The first kappa shape index (κ1) is 21.3. The standard InChI is InChI=1S/C26H31N3O2S/c1-17(2)18-9-11-21(12-10-18)29-23(30)22-15-19-13-14-32-24(19)28(22)16-26(29,3)25(31)27-20-7-5-4-6-8-20/h9-15,17,20H,4-8,16H2,1-3H3,(H,27,31)/t26-/m1/s1. The maximum atomic E-state index is 13.8. The lowest BCUT2D eigenvalue weighted by atomic mass is 9.90. The molecular weight excluding hydrogens is 418 g/mol. The van der Waals surface area contributed by atoms with Crippen LogP contribution in [-0.2, 0) is 11.3 Å². The first-order valence-electron chi connectivity index (χ1n) is 11.7. The topological polar surface area (TPSA) is 54.3 Å². The van der Waals surface area contributed by atoms with Gasteiger partial charge in [-0.25, -0.2) is 0 Å².